The quantitative estimate of drug-likeness (QED) is 0.591. The molecule has 0 aliphatic heterocycles. The van der Waals surface area contributed by atoms with Crippen LogP contribution in [0.15, 0.2) is 30.6 Å². The summed E-state index contributed by atoms with van der Waals surface area (Å²) in [6.07, 6.45) is 4.28. The first-order chi connectivity index (χ1) is 7.90. The Labute approximate surface area is 99.4 Å². The Morgan fingerprint density at radius 2 is 1.88 bits per heavy atom. The summed E-state index contributed by atoms with van der Waals surface area (Å²) in [4.78, 5) is 8.48. The smallest absolute Gasteiger partial charge is 0.0889 e. The minimum absolute atomic E-state index is 0.545. The maximum atomic E-state index is 5.52. The highest BCUT2D eigenvalue weighted by atomic mass is 35.5. The normalized spacial score (nSPS) is 10.8. The van der Waals surface area contributed by atoms with Gasteiger partial charge in [0.15, 0.2) is 0 Å². The number of fused-ring (bicyclic) bond motifs is 1. The van der Waals surface area contributed by atoms with Crippen LogP contribution in [0.2, 0.25) is 0 Å². The number of rotatable bonds is 5. The van der Waals surface area contributed by atoms with Crippen molar-refractivity contribution in [2.24, 2.45) is 0 Å². The van der Waals surface area contributed by atoms with Gasteiger partial charge in [0.2, 0.25) is 0 Å². The lowest BCUT2D eigenvalue weighted by atomic mass is 10.1. The molecule has 2 aromatic rings. The van der Waals surface area contributed by atoms with Crippen molar-refractivity contribution in [1.82, 2.24) is 9.97 Å². The van der Waals surface area contributed by atoms with Gasteiger partial charge < -0.3 is 4.74 Å². The standard InChI is InChI=1S/C12H13ClN2O/c13-4-8-16-7-3-10-1-2-11-12(9-10)15-6-5-14-11/h1-2,5-6,9H,3-4,7-8H2. The molecule has 0 radical (unpaired) electrons. The summed E-state index contributed by atoms with van der Waals surface area (Å²) < 4.78 is 5.33. The van der Waals surface area contributed by atoms with Gasteiger partial charge in [0.1, 0.15) is 0 Å². The lowest BCUT2D eigenvalue weighted by Crippen LogP contribution is -2.01. The van der Waals surface area contributed by atoms with E-state index in [-0.39, 0.29) is 0 Å². The third-order valence-electron chi connectivity index (χ3n) is 2.29. The molecule has 0 aliphatic rings. The van der Waals surface area contributed by atoms with Crippen molar-refractivity contribution in [3.05, 3.63) is 36.2 Å². The molecular formula is C12H13ClN2O. The molecular weight excluding hydrogens is 224 g/mol. The zero-order valence-electron chi connectivity index (χ0n) is 8.90. The Hall–Kier alpha value is -1.19. The fraction of sp³-hybridized carbons (Fsp3) is 0.333. The SMILES string of the molecule is ClCCOCCc1ccc2nccnc2c1. The van der Waals surface area contributed by atoms with E-state index in [2.05, 4.69) is 16.0 Å². The molecule has 0 bridgehead atoms. The lowest BCUT2D eigenvalue weighted by molar-refractivity contribution is 0.152. The van der Waals surface area contributed by atoms with Crippen LogP contribution in [-0.2, 0) is 11.2 Å². The molecule has 16 heavy (non-hydrogen) atoms. The summed E-state index contributed by atoms with van der Waals surface area (Å²) in [6.45, 7) is 1.30. The average molecular weight is 237 g/mol. The predicted octanol–water partition coefficient (Wildman–Crippen LogP) is 2.43. The van der Waals surface area contributed by atoms with Crippen LogP contribution < -0.4 is 0 Å². The van der Waals surface area contributed by atoms with Gasteiger partial charge in [-0.25, -0.2) is 0 Å². The molecule has 0 unspecified atom stereocenters. The molecule has 0 amide bonds. The minimum atomic E-state index is 0.545. The second kappa shape index (κ2) is 5.77. The molecule has 0 spiro atoms. The van der Waals surface area contributed by atoms with Crippen LogP contribution in [0.5, 0.6) is 0 Å². The van der Waals surface area contributed by atoms with E-state index in [1.54, 1.807) is 12.4 Å². The average Bonchev–Trinajstić information content (AvgIpc) is 2.34. The topological polar surface area (TPSA) is 35.0 Å². The van der Waals surface area contributed by atoms with Gasteiger partial charge in [0.05, 0.1) is 24.2 Å². The summed E-state index contributed by atoms with van der Waals surface area (Å²) in [5.74, 6) is 0.545. The van der Waals surface area contributed by atoms with E-state index in [0.29, 0.717) is 19.1 Å². The zero-order chi connectivity index (χ0) is 11.2. The van der Waals surface area contributed by atoms with Crippen LogP contribution in [0, 0.1) is 0 Å². The number of alkyl halides is 1. The third kappa shape index (κ3) is 2.90. The molecule has 0 saturated heterocycles. The number of ether oxygens (including phenoxy) is 1. The molecule has 3 nitrogen and oxygen atoms in total. The minimum Gasteiger partial charge on any atom is -0.380 e. The monoisotopic (exact) mass is 236 g/mol. The molecule has 1 aromatic heterocycles. The predicted molar refractivity (Wildman–Crippen MR) is 64.8 cm³/mol. The Balaban J connectivity index is 2.02. The number of hydrogen-bond acceptors (Lipinski definition) is 3. The van der Waals surface area contributed by atoms with Crippen molar-refractivity contribution in [2.75, 3.05) is 19.1 Å². The van der Waals surface area contributed by atoms with Crippen molar-refractivity contribution in [3.63, 3.8) is 0 Å². The van der Waals surface area contributed by atoms with Crippen LogP contribution in [0.1, 0.15) is 5.56 Å². The first-order valence-corrected chi connectivity index (χ1v) is 5.77. The Kier molecular flexibility index (Phi) is 4.08. The van der Waals surface area contributed by atoms with Gasteiger partial charge in [-0.15, -0.1) is 11.6 Å². The number of nitrogens with zero attached hydrogens (tertiary/aromatic N) is 2. The fourth-order valence-corrected chi connectivity index (χ4v) is 1.62. The van der Waals surface area contributed by atoms with E-state index in [4.69, 9.17) is 16.3 Å². The molecule has 1 heterocycles. The van der Waals surface area contributed by atoms with E-state index >= 15 is 0 Å². The molecule has 1 aromatic carbocycles. The maximum Gasteiger partial charge on any atom is 0.0889 e. The summed E-state index contributed by atoms with van der Waals surface area (Å²) in [7, 11) is 0. The van der Waals surface area contributed by atoms with Gasteiger partial charge in [-0.3, -0.25) is 9.97 Å². The second-order valence-electron chi connectivity index (χ2n) is 3.43. The van der Waals surface area contributed by atoms with Gasteiger partial charge in [0.25, 0.3) is 0 Å². The maximum absolute atomic E-state index is 5.52. The van der Waals surface area contributed by atoms with Crippen LogP contribution in [0.25, 0.3) is 11.0 Å². The fourth-order valence-electron chi connectivity index (χ4n) is 1.51. The molecule has 84 valence electrons. The summed E-state index contributed by atoms with van der Waals surface area (Å²) >= 11 is 5.52. The molecule has 0 aliphatic carbocycles. The van der Waals surface area contributed by atoms with Gasteiger partial charge in [-0.05, 0) is 24.1 Å². The van der Waals surface area contributed by atoms with E-state index in [0.717, 1.165) is 17.5 Å². The number of aromatic nitrogens is 2. The largest absolute Gasteiger partial charge is 0.380 e. The Morgan fingerprint density at radius 1 is 1.06 bits per heavy atom. The van der Waals surface area contributed by atoms with Crippen molar-refractivity contribution in [3.8, 4) is 0 Å². The highest BCUT2D eigenvalue weighted by Gasteiger charge is 1.98. The van der Waals surface area contributed by atoms with Gasteiger partial charge >= 0.3 is 0 Å². The molecule has 0 fully saturated rings. The van der Waals surface area contributed by atoms with E-state index < -0.39 is 0 Å². The van der Waals surface area contributed by atoms with Crippen molar-refractivity contribution in [2.45, 2.75) is 6.42 Å². The molecule has 2 rings (SSSR count). The van der Waals surface area contributed by atoms with Crippen molar-refractivity contribution in [1.29, 1.82) is 0 Å². The van der Waals surface area contributed by atoms with E-state index in [1.807, 2.05) is 12.1 Å². The second-order valence-corrected chi connectivity index (χ2v) is 3.81. The number of benzene rings is 1. The molecule has 0 atom stereocenters. The van der Waals surface area contributed by atoms with Gasteiger partial charge in [0, 0.05) is 18.3 Å². The lowest BCUT2D eigenvalue weighted by Gasteiger charge is -2.03. The van der Waals surface area contributed by atoms with Crippen LogP contribution in [0.4, 0.5) is 0 Å². The Bertz CT molecular complexity index is 461. The first kappa shape index (κ1) is 11.3. The third-order valence-corrected chi connectivity index (χ3v) is 2.44. The molecule has 0 saturated carbocycles. The highest BCUT2D eigenvalue weighted by molar-refractivity contribution is 6.17. The zero-order valence-corrected chi connectivity index (χ0v) is 9.65. The van der Waals surface area contributed by atoms with Crippen LogP contribution >= 0.6 is 11.6 Å². The van der Waals surface area contributed by atoms with Crippen LogP contribution in [-0.4, -0.2) is 29.1 Å². The number of halogens is 1. The summed E-state index contributed by atoms with van der Waals surface area (Å²) in [5.41, 5.74) is 3.06. The summed E-state index contributed by atoms with van der Waals surface area (Å²) in [6, 6.07) is 6.09. The highest BCUT2D eigenvalue weighted by Crippen LogP contribution is 2.11. The van der Waals surface area contributed by atoms with Crippen molar-refractivity contribution < 1.29 is 4.74 Å². The van der Waals surface area contributed by atoms with Crippen LogP contribution in [0.3, 0.4) is 0 Å². The molecule has 4 heteroatoms. The Morgan fingerprint density at radius 3 is 2.69 bits per heavy atom. The van der Waals surface area contributed by atoms with E-state index in [1.165, 1.54) is 5.56 Å². The van der Waals surface area contributed by atoms with E-state index in [9.17, 15) is 0 Å². The molecule has 0 N–H and O–H groups in total. The number of hydrogen-bond donors (Lipinski definition) is 0. The van der Waals surface area contributed by atoms with Gasteiger partial charge in [-0.2, -0.15) is 0 Å². The van der Waals surface area contributed by atoms with Gasteiger partial charge in [-0.1, -0.05) is 6.07 Å². The van der Waals surface area contributed by atoms with Crippen molar-refractivity contribution >= 4 is 22.6 Å². The first-order valence-electron chi connectivity index (χ1n) is 5.23. The summed E-state index contributed by atoms with van der Waals surface area (Å²) in [5, 5.41) is 0.